The number of benzene rings is 3. The summed E-state index contributed by atoms with van der Waals surface area (Å²) in [5.41, 5.74) is 4.73. The molecule has 8 heteroatoms. The number of terminal acetylenes is 1. The molecule has 2 fully saturated rings. The van der Waals surface area contributed by atoms with Gasteiger partial charge >= 0.3 is 0 Å². The van der Waals surface area contributed by atoms with Gasteiger partial charge in [-0.2, -0.15) is 0 Å². The summed E-state index contributed by atoms with van der Waals surface area (Å²) in [5.74, 6) is 4.30. The van der Waals surface area contributed by atoms with E-state index in [0.29, 0.717) is 17.6 Å². The number of likely N-dealkylation sites (tertiary alicyclic amines) is 1. The minimum atomic E-state index is 0.0970. The van der Waals surface area contributed by atoms with Crippen LogP contribution in [0.25, 0.3) is 10.9 Å². The zero-order chi connectivity index (χ0) is 32.6. The van der Waals surface area contributed by atoms with E-state index in [1.165, 1.54) is 16.7 Å². The van der Waals surface area contributed by atoms with Crippen LogP contribution in [-0.2, 0) is 13.1 Å². The van der Waals surface area contributed by atoms with Gasteiger partial charge < -0.3 is 5.32 Å². The summed E-state index contributed by atoms with van der Waals surface area (Å²) in [7, 11) is 0. The lowest BCUT2D eigenvalue weighted by molar-refractivity contribution is 0.102. The minimum absolute atomic E-state index is 0.0970. The number of rotatable bonds is 10. The second-order valence-corrected chi connectivity index (χ2v) is 13.4. The van der Waals surface area contributed by atoms with E-state index in [0.717, 1.165) is 86.2 Å². The Morgan fingerprint density at radius 2 is 1.55 bits per heavy atom. The molecule has 0 radical (unpaired) electrons. The van der Waals surface area contributed by atoms with E-state index >= 15 is 0 Å². The molecule has 0 amide bonds. The maximum absolute atomic E-state index is 6.23. The fraction of sp³-hybridized carbons (Fsp3) is 0.333. The predicted molar refractivity (Wildman–Crippen MR) is 195 cm³/mol. The highest BCUT2D eigenvalue weighted by Crippen LogP contribution is 2.31. The fourth-order valence-electron chi connectivity index (χ4n) is 6.71. The smallest absolute Gasteiger partial charge is 0.145 e. The quantitative estimate of drug-likeness (QED) is 0.137. The van der Waals surface area contributed by atoms with Crippen LogP contribution < -0.4 is 5.32 Å². The van der Waals surface area contributed by atoms with Crippen LogP contribution in [0.2, 0.25) is 5.02 Å². The van der Waals surface area contributed by atoms with E-state index in [-0.39, 0.29) is 6.04 Å². The number of hydrogen-bond acceptors (Lipinski definition) is 6. The Balaban J connectivity index is 1.11. The molecular weight excluding hydrogens is 623 g/mol. The summed E-state index contributed by atoms with van der Waals surface area (Å²) in [6.07, 6.45) is 11.5. The van der Waals surface area contributed by atoms with E-state index in [9.17, 15) is 0 Å². The molecule has 1 aromatic heterocycles. The van der Waals surface area contributed by atoms with E-state index in [4.69, 9.17) is 39.6 Å². The molecule has 0 aliphatic carbocycles. The number of fused-ring (bicyclic) bond motifs is 1. The monoisotopic (exact) mass is 664 g/mol. The van der Waals surface area contributed by atoms with Gasteiger partial charge in [0.25, 0.3) is 0 Å². The van der Waals surface area contributed by atoms with Crippen LogP contribution in [0.4, 0.5) is 5.82 Å². The second kappa shape index (κ2) is 15.9. The third-order valence-corrected chi connectivity index (χ3v) is 9.70. The van der Waals surface area contributed by atoms with Crippen molar-refractivity contribution in [3.8, 4) is 12.3 Å². The Morgan fingerprint density at radius 1 is 0.872 bits per heavy atom. The lowest BCUT2D eigenvalue weighted by Crippen LogP contribution is -2.47. The van der Waals surface area contributed by atoms with Crippen molar-refractivity contribution >= 4 is 39.9 Å². The number of aromatic nitrogens is 2. The average Bonchev–Trinajstić information content (AvgIpc) is 3.10. The van der Waals surface area contributed by atoms with Gasteiger partial charge in [0.05, 0.1) is 23.1 Å². The second-order valence-electron chi connectivity index (χ2n) is 12.5. The third kappa shape index (κ3) is 8.81. The van der Waals surface area contributed by atoms with Crippen molar-refractivity contribution in [3.05, 3.63) is 124 Å². The highest BCUT2D eigenvalue weighted by molar-refractivity contribution is 6.32. The Labute approximate surface area is 289 Å². The first-order chi connectivity index (χ1) is 22.9. The molecule has 6 nitrogen and oxygen atoms in total. The lowest BCUT2D eigenvalue weighted by atomic mass is 9.97. The Hall–Kier alpha value is -3.70. The zero-order valence-electron chi connectivity index (χ0n) is 27.0. The summed E-state index contributed by atoms with van der Waals surface area (Å²) < 4.78 is 0. The predicted octanol–water partition coefficient (Wildman–Crippen LogP) is 7.92. The highest BCUT2D eigenvalue weighted by atomic mass is 35.5. The van der Waals surface area contributed by atoms with Crippen LogP contribution >= 0.6 is 23.2 Å². The van der Waals surface area contributed by atoms with Crippen molar-refractivity contribution in [2.75, 3.05) is 44.6 Å². The number of nitrogens with zero attached hydrogens (tertiary/aromatic N) is 5. The number of allylic oxidation sites excluding steroid dienone is 3. The largest absolute Gasteiger partial charge is 0.367 e. The first-order valence-corrected chi connectivity index (χ1v) is 17.2. The number of hydrogen-bond donors (Lipinski definition) is 1. The van der Waals surface area contributed by atoms with E-state index < -0.39 is 0 Å². The number of piperidine rings is 1. The molecule has 47 heavy (non-hydrogen) atoms. The number of anilines is 1. The summed E-state index contributed by atoms with van der Waals surface area (Å²) in [5, 5.41) is 6.02. The Bertz CT molecular complexity index is 1730. The first kappa shape index (κ1) is 33.2. The van der Waals surface area contributed by atoms with Gasteiger partial charge in [-0.15, -0.1) is 6.42 Å². The van der Waals surface area contributed by atoms with Gasteiger partial charge in [0, 0.05) is 62.3 Å². The van der Waals surface area contributed by atoms with E-state index in [1.54, 1.807) is 6.08 Å². The number of para-hydroxylation sites is 1. The van der Waals surface area contributed by atoms with Crippen LogP contribution in [0, 0.1) is 12.3 Å². The van der Waals surface area contributed by atoms with Gasteiger partial charge in [-0.3, -0.25) is 14.7 Å². The van der Waals surface area contributed by atoms with Crippen LogP contribution in [0.15, 0.2) is 102 Å². The zero-order valence-corrected chi connectivity index (χ0v) is 28.5. The summed E-state index contributed by atoms with van der Waals surface area (Å²) >= 11 is 12.4. The van der Waals surface area contributed by atoms with Crippen molar-refractivity contribution in [3.63, 3.8) is 0 Å². The molecule has 2 saturated heterocycles. The molecule has 1 N–H and O–H groups in total. The molecule has 0 saturated carbocycles. The first-order valence-electron chi connectivity index (χ1n) is 16.5. The van der Waals surface area contributed by atoms with Gasteiger partial charge in [-0.25, -0.2) is 9.97 Å². The molecule has 0 spiro atoms. The van der Waals surface area contributed by atoms with Gasteiger partial charge in [-0.1, -0.05) is 95.4 Å². The van der Waals surface area contributed by atoms with Gasteiger partial charge in [0.2, 0.25) is 0 Å². The molecule has 2 aliphatic heterocycles. The summed E-state index contributed by atoms with van der Waals surface area (Å²) in [6.45, 7) is 9.65. The van der Waals surface area contributed by atoms with Crippen LogP contribution in [0.3, 0.4) is 0 Å². The van der Waals surface area contributed by atoms with E-state index in [2.05, 4.69) is 99.6 Å². The van der Waals surface area contributed by atoms with Crippen LogP contribution in [-0.4, -0.2) is 70.0 Å². The van der Waals surface area contributed by atoms with Crippen molar-refractivity contribution in [2.45, 2.75) is 44.9 Å². The Morgan fingerprint density at radius 3 is 2.28 bits per heavy atom. The van der Waals surface area contributed by atoms with Crippen LogP contribution in [0.5, 0.6) is 0 Å². The number of nitrogens with one attached hydrogen (secondary N) is 1. The standard InChI is InChI=1S/C39H42Cl2N6/c1-3-32(40)16-13-29(2)38(31-14-17-33(41)18-15-31)47-25-23-46(24-26-47)28-37-43-36-12-8-7-11-35(36)39(44-37)42-34-19-21-45(22-20-34)27-30-9-5-4-6-10-30/h1,4-18,34,38H,19-28H2,2H3,(H,42,43,44)/b29-13+,32-16+. The van der Waals surface area contributed by atoms with Crippen molar-refractivity contribution in [1.29, 1.82) is 0 Å². The maximum atomic E-state index is 6.23. The van der Waals surface area contributed by atoms with Gasteiger partial charge in [0.1, 0.15) is 11.6 Å². The van der Waals surface area contributed by atoms with Crippen LogP contribution in [0.1, 0.15) is 42.8 Å². The molecule has 4 aromatic rings. The average molecular weight is 666 g/mol. The molecule has 3 aromatic carbocycles. The Kier molecular flexibility index (Phi) is 11.3. The lowest BCUT2D eigenvalue weighted by Gasteiger charge is -2.40. The fourth-order valence-corrected chi connectivity index (χ4v) is 6.90. The normalized spacial score (nSPS) is 18.3. The van der Waals surface area contributed by atoms with Crippen molar-refractivity contribution in [2.24, 2.45) is 0 Å². The van der Waals surface area contributed by atoms with Gasteiger partial charge in [0.15, 0.2) is 0 Å². The highest BCUT2D eigenvalue weighted by Gasteiger charge is 2.27. The van der Waals surface area contributed by atoms with Crippen molar-refractivity contribution < 1.29 is 0 Å². The molecule has 0 bridgehead atoms. The molecule has 1 atom stereocenters. The summed E-state index contributed by atoms with van der Waals surface area (Å²) in [6, 6.07) is 27.7. The summed E-state index contributed by atoms with van der Waals surface area (Å²) in [4.78, 5) is 17.6. The minimum Gasteiger partial charge on any atom is -0.367 e. The SMILES string of the molecule is C#C/C(Cl)=C\C=C(/C)C(c1ccc(Cl)cc1)N1CCN(Cc2nc(NC3CCN(Cc4ccccc4)CC3)c3ccccc3n2)CC1. The van der Waals surface area contributed by atoms with E-state index in [1.807, 2.05) is 18.2 Å². The number of halogens is 2. The molecule has 2 aliphatic rings. The molecule has 242 valence electrons. The maximum Gasteiger partial charge on any atom is 0.145 e. The molecule has 6 rings (SSSR count). The van der Waals surface area contributed by atoms with Crippen molar-refractivity contribution in [1.82, 2.24) is 24.7 Å². The number of piperazine rings is 1. The molecule has 1 unspecified atom stereocenters. The molecular formula is C39H42Cl2N6. The molecule has 3 heterocycles. The topological polar surface area (TPSA) is 47.5 Å². The van der Waals surface area contributed by atoms with Gasteiger partial charge in [-0.05, 0) is 61.2 Å². The third-order valence-electron chi connectivity index (χ3n) is 9.21.